The number of thiocarbonyl (C=S) groups is 1. The van der Waals surface area contributed by atoms with Crippen molar-refractivity contribution in [2.75, 3.05) is 14.2 Å². The molecule has 0 radical (unpaired) electrons. The van der Waals surface area contributed by atoms with Gasteiger partial charge in [-0.05, 0) is 6.07 Å². The van der Waals surface area contributed by atoms with Crippen molar-refractivity contribution in [3.8, 4) is 0 Å². The largest absolute Gasteiger partial charge is 0.465 e. The molecule has 0 aliphatic carbocycles. The number of fused-ring (bicyclic) bond motifs is 1. The van der Waals surface area contributed by atoms with Gasteiger partial charge in [-0.15, -0.1) is 0 Å². The molecule has 0 aromatic heterocycles. The summed E-state index contributed by atoms with van der Waals surface area (Å²) in [4.78, 5) is 27.0. The summed E-state index contributed by atoms with van der Waals surface area (Å²) in [6, 6.07) is 7.86. The SMILES string of the molecule is COC(=O)C1=C(C(=O)OC)SC(=C2Sc3ccccc3C2=S)S1. The van der Waals surface area contributed by atoms with Gasteiger partial charge in [-0.1, -0.05) is 65.7 Å². The summed E-state index contributed by atoms with van der Waals surface area (Å²) in [5, 5.41) is 0. The fraction of sp³-hybridized carbons (Fsp3) is 0.133. The van der Waals surface area contributed by atoms with Crippen molar-refractivity contribution in [3.05, 3.63) is 48.8 Å². The number of benzene rings is 1. The Kier molecular flexibility index (Phi) is 4.86. The van der Waals surface area contributed by atoms with Crippen molar-refractivity contribution in [2.45, 2.75) is 4.90 Å². The molecule has 3 rings (SSSR count). The fourth-order valence-electron chi connectivity index (χ4n) is 2.00. The molecule has 0 unspecified atom stereocenters. The zero-order valence-corrected chi connectivity index (χ0v) is 15.3. The number of carbonyl (C=O) groups excluding carboxylic acids is 2. The normalized spacial score (nSPS) is 16.7. The minimum Gasteiger partial charge on any atom is -0.465 e. The molecule has 0 saturated carbocycles. The van der Waals surface area contributed by atoms with Crippen molar-refractivity contribution in [2.24, 2.45) is 0 Å². The van der Waals surface area contributed by atoms with Gasteiger partial charge in [0.25, 0.3) is 0 Å². The second-order valence-electron chi connectivity index (χ2n) is 4.39. The monoisotopic (exact) mass is 382 g/mol. The van der Waals surface area contributed by atoms with Crippen molar-refractivity contribution >= 4 is 64.3 Å². The van der Waals surface area contributed by atoms with Crippen LogP contribution in [0.25, 0.3) is 0 Å². The van der Waals surface area contributed by atoms with E-state index in [2.05, 4.69) is 0 Å². The molecule has 0 amide bonds. The van der Waals surface area contributed by atoms with Crippen molar-refractivity contribution in [1.29, 1.82) is 0 Å². The van der Waals surface area contributed by atoms with Crippen LogP contribution in [0.5, 0.6) is 0 Å². The Bertz CT molecular complexity index is 764. The molecular weight excluding hydrogens is 372 g/mol. The van der Waals surface area contributed by atoms with Gasteiger partial charge in [0.2, 0.25) is 0 Å². The maximum Gasteiger partial charge on any atom is 0.346 e. The lowest BCUT2D eigenvalue weighted by Crippen LogP contribution is -2.08. The predicted molar refractivity (Wildman–Crippen MR) is 97.3 cm³/mol. The first kappa shape index (κ1) is 16.6. The Labute approximate surface area is 151 Å². The van der Waals surface area contributed by atoms with Gasteiger partial charge in [0, 0.05) is 10.5 Å². The lowest BCUT2D eigenvalue weighted by atomic mass is 10.1. The number of esters is 2. The Hall–Kier alpha value is -1.22. The summed E-state index contributed by atoms with van der Waals surface area (Å²) in [6.07, 6.45) is 0. The maximum absolute atomic E-state index is 11.9. The molecule has 1 aromatic rings. The van der Waals surface area contributed by atoms with Crippen LogP contribution in [0.3, 0.4) is 0 Å². The number of hydrogen-bond donors (Lipinski definition) is 0. The number of thioether (sulfide) groups is 3. The van der Waals surface area contributed by atoms with Gasteiger partial charge in [-0.25, -0.2) is 9.59 Å². The lowest BCUT2D eigenvalue weighted by Gasteiger charge is -2.02. The third-order valence-electron chi connectivity index (χ3n) is 3.07. The Balaban J connectivity index is 1.98. The summed E-state index contributed by atoms with van der Waals surface area (Å²) < 4.78 is 10.3. The third kappa shape index (κ3) is 2.96. The average Bonchev–Trinajstić information content (AvgIpc) is 3.15. The molecular formula is C15H10O4S4. The van der Waals surface area contributed by atoms with Crippen LogP contribution in [-0.4, -0.2) is 31.0 Å². The fourth-order valence-corrected chi connectivity index (χ4v) is 6.40. The van der Waals surface area contributed by atoms with E-state index in [0.29, 0.717) is 0 Å². The molecule has 2 heterocycles. The molecule has 0 spiro atoms. The van der Waals surface area contributed by atoms with E-state index in [4.69, 9.17) is 21.7 Å². The van der Waals surface area contributed by atoms with Gasteiger partial charge in [-0.2, -0.15) is 0 Å². The molecule has 0 N–H and O–H groups in total. The van der Waals surface area contributed by atoms with Gasteiger partial charge in [0.15, 0.2) is 0 Å². The molecule has 0 bridgehead atoms. The third-order valence-corrected chi connectivity index (χ3v) is 7.63. The van der Waals surface area contributed by atoms with E-state index >= 15 is 0 Å². The predicted octanol–water partition coefficient (Wildman–Crippen LogP) is 3.72. The van der Waals surface area contributed by atoms with Crippen LogP contribution in [0.1, 0.15) is 5.56 Å². The number of carbonyl (C=O) groups is 2. The Morgan fingerprint density at radius 2 is 1.52 bits per heavy atom. The summed E-state index contributed by atoms with van der Waals surface area (Å²) in [6.45, 7) is 0. The minimum atomic E-state index is -0.551. The first-order valence-electron chi connectivity index (χ1n) is 6.39. The van der Waals surface area contributed by atoms with Gasteiger partial charge in [-0.3, -0.25) is 0 Å². The van der Waals surface area contributed by atoms with Crippen LogP contribution >= 0.6 is 47.5 Å². The number of rotatable bonds is 2. The molecule has 23 heavy (non-hydrogen) atoms. The smallest absolute Gasteiger partial charge is 0.346 e. The zero-order chi connectivity index (χ0) is 16.6. The molecule has 118 valence electrons. The standard InChI is InChI=1S/C15H10O4S4/c1-18-13(16)11-12(14(17)19-2)23-15(22-11)10-9(20)7-5-3-4-6-8(7)21-10/h3-6H,1-2H3. The highest BCUT2D eigenvalue weighted by Crippen LogP contribution is 2.56. The summed E-state index contributed by atoms with van der Waals surface area (Å²) in [5.41, 5.74) is 1.00. The second-order valence-corrected chi connectivity index (χ2v) is 8.15. The molecule has 0 fully saturated rings. The van der Waals surface area contributed by atoms with E-state index in [1.54, 1.807) is 11.8 Å². The van der Waals surface area contributed by atoms with Crippen LogP contribution in [-0.2, 0) is 19.1 Å². The highest BCUT2D eigenvalue weighted by Gasteiger charge is 2.36. The Morgan fingerprint density at radius 1 is 0.957 bits per heavy atom. The first-order chi connectivity index (χ1) is 11.1. The molecule has 0 atom stereocenters. The van der Waals surface area contributed by atoms with E-state index in [1.165, 1.54) is 37.7 Å². The first-order valence-corrected chi connectivity index (χ1v) is 9.25. The lowest BCUT2D eigenvalue weighted by molar-refractivity contribution is -0.138. The molecule has 4 nitrogen and oxygen atoms in total. The van der Waals surface area contributed by atoms with Crippen LogP contribution < -0.4 is 0 Å². The molecule has 0 saturated heterocycles. The van der Waals surface area contributed by atoms with Crippen LogP contribution in [0.15, 0.2) is 48.1 Å². The quantitative estimate of drug-likeness (QED) is 0.436. The molecule has 8 heteroatoms. The molecule has 2 aliphatic heterocycles. The van der Waals surface area contributed by atoms with Gasteiger partial charge in [0.1, 0.15) is 9.81 Å². The summed E-state index contributed by atoms with van der Waals surface area (Å²) >= 11 is 9.50. The van der Waals surface area contributed by atoms with Crippen molar-refractivity contribution < 1.29 is 19.1 Å². The summed E-state index contributed by atoms with van der Waals surface area (Å²) in [7, 11) is 2.57. The van der Waals surface area contributed by atoms with Gasteiger partial charge < -0.3 is 9.47 Å². The van der Waals surface area contributed by atoms with Crippen molar-refractivity contribution in [1.82, 2.24) is 0 Å². The van der Waals surface area contributed by atoms with E-state index in [9.17, 15) is 9.59 Å². The van der Waals surface area contributed by atoms with E-state index < -0.39 is 11.9 Å². The number of methoxy groups -OCH3 is 2. The maximum atomic E-state index is 11.9. The summed E-state index contributed by atoms with van der Waals surface area (Å²) in [5.74, 6) is -1.10. The molecule has 2 aliphatic rings. The Morgan fingerprint density at radius 3 is 2.04 bits per heavy atom. The highest BCUT2D eigenvalue weighted by atomic mass is 32.2. The highest BCUT2D eigenvalue weighted by molar-refractivity contribution is 8.30. The van der Waals surface area contributed by atoms with Crippen LogP contribution in [0.2, 0.25) is 0 Å². The minimum absolute atomic E-state index is 0.242. The van der Waals surface area contributed by atoms with E-state index in [1.807, 2.05) is 24.3 Å². The van der Waals surface area contributed by atoms with E-state index in [-0.39, 0.29) is 9.81 Å². The van der Waals surface area contributed by atoms with Gasteiger partial charge >= 0.3 is 11.9 Å². The number of hydrogen-bond acceptors (Lipinski definition) is 8. The topological polar surface area (TPSA) is 52.6 Å². The van der Waals surface area contributed by atoms with Crippen molar-refractivity contribution in [3.63, 3.8) is 0 Å². The van der Waals surface area contributed by atoms with Crippen LogP contribution in [0, 0.1) is 0 Å². The second kappa shape index (κ2) is 6.72. The molecule has 1 aromatic carbocycles. The average molecular weight is 383 g/mol. The number of allylic oxidation sites excluding steroid dienone is 1. The van der Waals surface area contributed by atoms with Gasteiger partial charge in [0.05, 0.1) is 28.2 Å². The number of ether oxygens (including phenoxy) is 2. The van der Waals surface area contributed by atoms with Crippen LogP contribution in [0.4, 0.5) is 0 Å². The zero-order valence-electron chi connectivity index (χ0n) is 12.1. The van der Waals surface area contributed by atoms with E-state index in [0.717, 1.165) is 24.5 Å².